The van der Waals surface area contributed by atoms with Crippen LogP contribution in [0, 0.1) is 5.92 Å². The maximum absolute atomic E-state index is 13.4. The number of rotatable bonds is 11. The number of esters is 1. The van der Waals surface area contributed by atoms with Gasteiger partial charge in [-0.15, -0.1) is 0 Å². The third-order valence-electron chi connectivity index (χ3n) is 6.99. The van der Waals surface area contributed by atoms with Crippen molar-refractivity contribution in [1.82, 2.24) is 10.6 Å². The zero-order chi connectivity index (χ0) is 31.7. The molecule has 2 atom stereocenters. The molecular formula is C32H53N4O6+. The van der Waals surface area contributed by atoms with Crippen LogP contribution in [0.4, 0.5) is 10.5 Å². The maximum atomic E-state index is 13.4. The molecule has 1 aromatic rings. The molecule has 236 valence electrons. The van der Waals surface area contributed by atoms with E-state index in [1.165, 1.54) is 24.8 Å². The Hall–Kier alpha value is -3.14. The molecule has 1 aliphatic heterocycles. The summed E-state index contributed by atoms with van der Waals surface area (Å²) in [5, 5.41) is 8.23. The van der Waals surface area contributed by atoms with Gasteiger partial charge in [-0.2, -0.15) is 0 Å². The minimum Gasteiger partial charge on any atom is -0.460 e. The minimum absolute atomic E-state index is 0.0255. The number of likely N-dealkylation sites (tertiary alicyclic amines) is 1. The molecule has 0 spiro atoms. The number of nitrogens with one attached hydrogen (secondary N) is 3. The molecule has 0 radical (unpaired) electrons. The molecule has 0 aromatic heterocycles. The van der Waals surface area contributed by atoms with E-state index >= 15 is 0 Å². The van der Waals surface area contributed by atoms with Crippen LogP contribution in [0.15, 0.2) is 24.3 Å². The first-order valence-electron chi connectivity index (χ1n) is 15.1. The topological polar surface area (TPSA) is 123 Å². The number of amides is 3. The molecule has 1 aliphatic rings. The van der Waals surface area contributed by atoms with E-state index < -0.39 is 47.2 Å². The Kier molecular flexibility index (Phi) is 12.4. The molecular weight excluding hydrogens is 536 g/mol. The van der Waals surface area contributed by atoms with Crippen molar-refractivity contribution in [3.63, 3.8) is 0 Å². The molecule has 0 aliphatic carbocycles. The summed E-state index contributed by atoms with van der Waals surface area (Å²) < 4.78 is 11.7. The van der Waals surface area contributed by atoms with E-state index in [-0.39, 0.29) is 18.8 Å². The lowest BCUT2D eigenvalue weighted by Gasteiger charge is -2.37. The monoisotopic (exact) mass is 589 g/mol. The first-order valence-corrected chi connectivity index (χ1v) is 15.1. The smallest absolute Gasteiger partial charge is 0.408 e. The van der Waals surface area contributed by atoms with Crippen molar-refractivity contribution in [2.45, 2.75) is 117 Å². The average molecular weight is 590 g/mol. The molecule has 2 rings (SSSR count). The lowest BCUT2D eigenvalue weighted by atomic mass is 10.0. The standard InChI is InChI=1S/C32H52N4O6/c1-22(2)27(35-30(40)42-32(6,7)8)29(39)34-25(17-18-26(37)41-31(3,4)5)28(38)33-24-15-13-23(14-16-24)21-36(9)19-11-10-12-20-36/h13-16,22,25,27H,10-12,17-21H2,1-9H3,(H2-,33,34,35,38,39,40)/p+1/t25-,27-/m0/s1. The number of piperidine rings is 1. The van der Waals surface area contributed by atoms with E-state index in [1.807, 2.05) is 24.3 Å². The van der Waals surface area contributed by atoms with Crippen molar-refractivity contribution in [3.05, 3.63) is 29.8 Å². The Bertz CT molecular complexity index is 1070. The van der Waals surface area contributed by atoms with Crippen molar-refractivity contribution < 1.29 is 33.1 Å². The largest absolute Gasteiger partial charge is 0.460 e. The molecule has 10 nitrogen and oxygen atoms in total. The lowest BCUT2D eigenvalue weighted by Crippen LogP contribution is -2.55. The van der Waals surface area contributed by atoms with Crippen LogP contribution < -0.4 is 16.0 Å². The highest BCUT2D eigenvalue weighted by atomic mass is 16.6. The van der Waals surface area contributed by atoms with Crippen molar-refractivity contribution in [3.8, 4) is 0 Å². The summed E-state index contributed by atoms with van der Waals surface area (Å²) in [5.41, 5.74) is 0.377. The van der Waals surface area contributed by atoms with Crippen LogP contribution in [0.3, 0.4) is 0 Å². The Morgan fingerprint density at radius 1 is 0.833 bits per heavy atom. The fraction of sp³-hybridized carbons (Fsp3) is 0.688. The van der Waals surface area contributed by atoms with E-state index in [2.05, 4.69) is 23.0 Å². The highest BCUT2D eigenvalue weighted by molar-refractivity contribution is 5.98. The maximum Gasteiger partial charge on any atom is 0.408 e. The van der Waals surface area contributed by atoms with E-state index in [1.54, 1.807) is 55.4 Å². The summed E-state index contributed by atoms with van der Waals surface area (Å²) in [7, 11) is 2.29. The number of ether oxygens (including phenoxy) is 2. The molecule has 0 bridgehead atoms. The zero-order valence-corrected chi connectivity index (χ0v) is 27.1. The van der Waals surface area contributed by atoms with Gasteiger partial charge >= 0.3 is 12.1 Å². The van der Waals surface area contributed by atoms with Crippen molar-refractivity contribution >= 4 is 29.6 Å². The Labute approximate surface area is 251 Å². The van der Waals surface area contributed by atoms with Crippen molar-refractivity contribution in [2.24, 2.45) is 5.92 Å². The molecule has 1 fully saturated rings. The van der Waals surface area contributed by atoms with Gasteiger partial charge in [-0.3, -0.25) is 14.4 Å². The second-order valence-electron chi connectivity index (χ2n) is 14.0. The quantitative estimate of drug-likeness (QED) is 0.249. The number of anilines is 1. The van der Waals surface area contributed by atoms with Crippen LogP contribution in [-0.4, -0.2) is 71.8 Å². The van der Waals surface area contributed by atoms with E-state index in [4.69, 9.17) is 9.47 Å². The minimum atomic E-state index is -1.04. The summed E-state index contributed by atoms with van der Waals surface area (Å²) in [4.78, 5) is 51.6. The molecule has 0 saturated carbocycles. The highest BCUT2D eigenvalue weighted by Gasteiger charge is 2.31. The summed E-state index contributed by atoms with van der Waals surface area (Å²) in [6.07, 6.45) is 3.00. The SMILES string of the molecule is CC(C)[C@H](NC(=O)OC(C)(C)C)C(=O)N[C@@H](CCC(=O)OC(C)(C)C)C(=O)Nc1ccc(C[N+]2(C)CCCCC2)cc1. The van der Waals surface area contributed by atoms with Crippen LogP contribution >= 0.6 is 0 Å². The van der Waals surface area contributed by atoms with E-state index in [0.717, 1.165) is 24.1 Å². The van der Waals surface area contributed by atoms with Gasteiger partial charge in [-0.1, -0.05) is 26.0 Å². The highest BCUT2D eigenvalue weighted by Crippen LogP contribution is 2.21. The van der Waals surface area contributed by atoms with Crippen LogP contribution in [-0.2, 0) is 30.4 Å². The second kappa shape index (κ2) is 14.8. The van der Waals surface area contributed by atoms with Gasteiger partial charge in [0, 0.05) is 17.7 Å². The molecule has 0 unspecified atom stereocenters. The number of benzene rings is 1. The van der Waals surface area contributed by atoms with Crippen LogP contribution in [0.1, 0.15) is 93.1 Å². The third-order valence-corrected chi connectivity index (χ3v) is 6.99. The first-order chi connectivity index (χ1) is 19.4. The predicted octanol–water partition coefficient (Wildman–Crippen LogP) is 4.91. The van der Waals surface area contributed by atoms with E-state index in [0.29, 0.717) is 5.69 Å². The Morgan fingerprint density at radius 3 is 1.93 bits per heavy atom. The number of carbonyl (C=O) groups excluding carboxylic acids is 4. The van der Waals surface area contributed by atoms with Gasteiger partial charge in [0.05, 0.1) is 20.1 Å². The van der Waals surface area contributed by atoms with E-state index in [9.17, 15) is 19.2 Å². The molecule has 1 heterocycles. The molecule has 3 N–H and O–H groups in total. The van der Waals surface area contributed by atoms with Gasteiger partial charge in [0.15, 0.2) is 0 Å². The number of carbonyl (C=O) groups is 4. The van der Waals surface area contributed by atoms with Crippen LogP contribution in [0.25, 0.3) is 0 Å². The molecule has 10 heteroatoms. The zero-order valence-electron chi connectivity index (χ0n) is 27.1. The molecule has 1 saturated heterocycles. The summed E-state index contributed by atoms with van der Waals surface area (Å²) in [5.74, 6) is -1.77. The number of hydrogen-bond acceptors (Lipinski definition) is 6. The fourth-order valence-corrected chi connectivity index (χ4v) is 4.95. The normalized spacial score (nSPS) is 16.6. The van der Waals surface area contributed by atoms with Gasteiger partial charge in [0.25, 0.3) is 0 Å². The first kappa shape index (κ1) is 35.1. The van der Waals surface area contributed by atoms with Gasteiger partial charge in [0.1, 0.15) is 29.8 Å². The summed E-state index contributed by atoms with van der Waals surface area (Å²) in [6.45, 7) is 17.3. The van der Waals surface area contributed by atoms with Gasteiger partial charge < -0.3 is 29.9 Å². The molecule has 3 amide bonds. The number of nitrogens with zero attached hydrogens (tertiary/aromatic N) is 1. The fourth-order valence-electron chi connectivity index (χ4n) is 4.95. The van der Waals surface area contributed by atoms with Crippen molar-refractivity contribution in [1.29, 1.82) is 0 Å². The average Bonchev–Trinajstić information content (AvgIpc) is 2.84. The predicted molar refractivity (Wildman–Crippen MR) is 164 cm³/mol. The van der Waals surface area contributed by atoms with Gasteiger partial charge in [-0.25, -0.2) is 4.79 Å². The number of hydrogen-bond donors (Lipinski definition) is 3. The second-order valence-corrected chi connectivity index (χ2v) is 14.0. The Morgan fingerprint density at radius 2 is 1.40 bits per heavy atom. The summed E-state index contributed by atoms with van der Waals surface area (Å²) >= 11 is 0. The van der Waals surface area contributed by atoms with Gasteiger partial charge in [0.2, 0.25) is 11.8 Å². The Balaban J connectivity index is 2.14. The van der Waals surface area contributed by atoms with Crippen molar-refractivity contribution in [2.75, 3.05) is 25.5 Å². The number of alkyl carbamates (subject to hydrolysis) is 1. The summed E-state index contributed by atoms with van der Waals surface area (Å²) in [6, 6.07) is 5.76. The van der Waals surface area contributed by atoms with Crippen LogP contribution in [0.2, 0.25) is 0 Å². The number of quaternary nitrogens is 1. The molecule has 1 aromatic carbocycles. The van der Waals surface area contributed by atoms with Crippen LogP contribution in [0.5, 0.6) is 0 Å². The third kappa shape index (κ3) is 12.8. The lowest BCUT2D eigenvalue weighted by molar-refractivity contribution is -0.926. The molecule has 42 heavy (non-hydrogen) atoms. The van der Waals surface area contributed by atoms with Gasteiger partial charge in [-0.05, 0) is 85.3 Å².